The highest BCUT2D eigenvalue weighted by molar-refractivity contribution is 6.30. The Labute approximate surface area is 172 Å². The van der Waals surface area contributed by atoms with Crippen LogP contribution in [0.4, 0.5) is 4.39 Å². The van der Waals surface area contributed by atoms with Crippen LogP contribution in [0.25, 0.3) is 5.57 Å². The van der Waals surface area contributed by atoms with Gasteiger partial charge in [0.05, 0.1) is 12.7 Å². The predicted octanol–water partition coefficient (Wildman–Crippen LogP) is 5.95. The second-order valence-electron chi connectivity index (χ2n) is 7.77. The molecule has 0 unspecified atom stereocenters. The van der Waals surface area contributed by atoms with Gasteiger partial charge in [-0.1, -0.05) is 49.8 Å². The van der Waals surface area contributed by atoms with E-state index in [1.807, 2.05) is 58.9 Å². The lowest BCUT2D eigenvalue weighted by molar-refractivity contribution is -0.138. The van der Waals surface area contributed by atoms with E-state index in [2.05, 4.69) is 0 Å². The fraction of sp³-hybridized carbons (Fsp3) is 0.400. The first-order valence-corrected chi connectivity index (χ1v) is 10.3. The van der Waals surface area contributed by atoms with Crippen molar-refractivity contribution in [1.82, 2.24) is 0 Å². The van der Waals surface area contributed by atoms with Gasteiger partial charge in [0.25, 0.3) is 0 Å². The van der Waals surface area contributed by atoms with Gasteiger partial charge in [-0.2, -0.15) is 0 Å². The second kappa shape index (κ2) is 8.60. The summed E-state index contributed by atoms with van der Waals surface area (Å²) in [6, 6.07) is 12.4. The normalized spacial score (nSPS) is 21.4. The molecular formula is C25H29FO3. The molecule has 2 aromatic rings. The average molecular weight is 397 g/mol. The zero-order chi connectivity index (χ0) is 21.2. The molecule has 0 N–H and O–H groups in total. The van der Waals surface area contributed by atoms with E-state index in [1.165, 1.54) is 12.1 Å². The van der Waals surface area contributed by atoms with Crippen molar-refractivity contribution in [2.24, 2.45) is 0 Å². The van der Waals surface area contributed by atoms with Crippen LogP contribution in [0, 0.1) is 5.82 Å². The second-order valence-corrected chi connectivity index (χ2v) is 7.77. The number of benzene rings is 2. The first-order valence-electron chi connectivity index (χ1n) is 10.3. The van der Waals surface area contributed by atoms with Crippen LogP contribution in [0.2, 0.25) is 0 Å². The van der Waals surface area contributed by atoms with Gasteiger partial charge in [0.1, 0.15) is 5.82 Å². The number of halogens is 1. The van der Waals surface area contributed by atoms with Crippen LogP contribution < -0.4 is 0 Å². The Hall–Kier alpha value is -2.30. The van der Waals surface area contributed by atoms with Crippen LogP contribution >= 0.6 is 0 Å². The molecule has 1 saturated heterocycles. The maximum absolute atomic E-state index is 13.9. The minimum absolute atomic E-state index is 0.0947. The molecule has 0 saturated carbocycles. The molecular weight excluding hydrogens is 367 g/mol. The topological polar surface area (TPSA) is 35.5 Å². The SMILES string of the molecule is C/C(C[C@@H]1COC(C)(C)O1)=C1\C(=O)c2cc(F)ccc2Cc2ccccc21.CC. The van der Waals surface area contributed by atoms with Crippen LogP contribution in [-0.2, 0) is 15.9 Å². The Kier molecular flexibility index (Phi) is 6.35. The quantitative estimate of drug-likeness (QED) is 0.588. The van der Waals surface area contributed by atoms with E-state index < -0.39 is 5.79 Å². The molecule has 1 fully saturated rings. The lowest BCUT2D eigenvalue weighted by atomic mass is 9.90. The number of carbonyl (C=O) groups excluding carboxylic acids is 1. The van der Waals surface area contributed by atoms with Crippen LogP contribution in [0.3, 0.4) is 0 Å². The molecule has 3 nitrogen and oxygen atoms in total. The Morgan fingerprint density at radius 1 is 1.10 bits per heavy atom. The van der Waals surface area contributed by atoms with Crippen LogP contribution in [0.1, 0.15) is 68.1 Å². The molecule has 154 valence electrons. The summed E-state index contributed by atoms with van der Waals surface area (Å²) in [5, 5.41) is 0. The molecule has 2 aliphatic rings. The number of hydrogen-bond donors (Lipinski definition) is 0. The maximum atomic E-state index is 13.9. The lowest BCUT2D eigenvalue weighted by Gasteiger charge is -2.18. The minimum Gasteiger partial charge on any atom is -0.348 e. The number of allylic oxidation sites excluding steroid dienone is 1. The van der Waals surface area contributed by atoms with Crippen molar-refractivity contribution in [2.45, 2.75) is 59.4 Å². The number of ether oxygens (including phenoxy) is 2. The Morgan fingerprint density at radius 2 is 1.79 bits per heavy atom. The summed E-state index contributed by atoms with van der Waals surface area (Å²) in [5.74, 6) is -1.11. The Bertz CT molecular complexity index is 943. The Balaban J connectivity index is 0.00000117. The molecule has 1 atom stereocenters. The number of Topliss-reactive ketones (excluding diaryl/α,β-unsaturated/α-hetero) is 1. The zero-order valence-electron chi connectivity index (χ0n) is 17.8. The van der Waals surface area contributed by atoms with Crippen molar-refractivity contribution in [3.8, 4) is 0 Å². The fourth-order valence-corrected chi connectivity index (χ4v) is 4.03. The summed E-state index contributed by atoms with van der Waals surface area (Å²) in [4.78, 5) is 13.4. The number of fused-ring (bicyclic) bond motifs is 2. The van der Waals surface area contributed by atoms with E-state index >= 15 is 0 Å². The first kappa shape index (κ1) is 21.4. The molecule has 0 amide bonds. The molecule has 1 aliphatic heterocycles. The van der Waals surface area contributed by atoms with E-state index in [4.69, 9.17) is 9.47 Å². The van der Waals surface area contributed by atoms with Gasteiger partial charge in [-0.3, -0.25) is 4.79 Å². The molecule has 0 bridgehead atoms. The van der Waals surface area contributed by atoms with Gasteiger partial charge < -0.3 is 9.47 Å². The first-order chi connectivity index (χ1) is 13.8. The third kappa shape index (κ3) is 4.49. The minimum atomic E-state index is -0.600. The Morgan fingerprint density at radius 3 is 2.48 bits per heavy atom. The maximum Gasteiger partial charge on any atom is 0.193 e. The molecule has 1 aliphatic carbocycles. The smallest absolute Gasteiger partial charge is 0.193 e. The standard InChI is InChI=1S/C23H23FO3.C2H6/c1-14(10-18-13-26-23(2,3)27-18)21-19-7-5-4-6-15(19)11-16-8-9-17(24)12-20(16)22(21)25;1-2/h4-9,12,18H,10-11,13H2,1-3H3;1-2H3/b21-14+;/t18-;/m1./s1. The van der Waals surface area contributed by atoms with Crippen molar-refractivity contribution in [3.05, 3.63) is 76.1 Å². The number of hydrogen-bond acceptors (Lipinski definition) is 3. The summed E-state index contributed by atoms with van der Waals surface area (Å²) in [6.07, 6.45) is 1.12. The van der Waals surface area contributed by atoms with Crippen molar-refractivity contribution in [2.75, 3.05) is 6.61 Å². The van der Waals surface area contributed by atoms with E-state index in [9.17, 15) is 9.18 Å². The predicted molar refractivity (Wildman–Crippen MR) is 113 cm³/mol. The van der Waals surface area contributed by atoms with Crippen molar-refractivity contribution >= 4 is 11.4 Å². The van der Waals surface area contributed by atoms with Gasteiger partial charge in [-0.05, 0) is 62.4 Å². The van der Waals surface area contributed by atoms with E-state index in [0.717, 1.165) is 22.3 Å². The van der Waals surface area contributed by atoms with Gasteiger partial charge in [0.15, 0.2) is 11.6 Å². The third-order valence-electron chi connectivity index (χ3n) is 5.24. The zero-order valence-corrected chi connectivity index (χ0v) is 17.8. The molecule has 2 aromatic carbocycles. The molecule has 0 radical (unpaired) electrons. The van der Waals surface area contributed by atoms with E-state index in [1.54, 1.807) is 6.07 Å². The number of rotatable bonds is 2. The molecule has 29 heavy (non-hydrogen) atoms. The van der Waals surface area contributed by atoms with E-state index in [-0.39, 0.29) is 17.7 Å². The van der Waals surface area contributed by atoms with Gasteiger partial charge in [-0.25, -0.2) is 4.39 Å². The average Bonchev–Trinajstić information content (AvgIpc) is 2.98. The van der Waals surface area contributed by atoms with Crippen LogP contribution in [0.15, 0.2) is 48.0 Å². The van der Waals surface area contributed by atoms with Crippen molar-refractivity contribution in [1.29, 1.82) is 0 Å². The lowest BCUT2D eigenvalue weighted by Crippen LogP contribution is -2.21. The monoisotopic (exact) mass is 396 g/mol. The number of ketones is 1. The largest absolute Gasteiger partial charge is 0.348 e. The molecule has 4 heteroatoms. The fourth-order valence-electron chi connectivity index (χ4n) is 4.03. The summed E-state index contributed by atoms with van der Waals surface area (Å²) >= 11 is 0. The molecule has 4 rings (SSSR count). The van der Waals surface area contributed by atoms with Gasteiger partial charge in [-0.15, -0.1) is 0 Å². The highest BCUT2D eigenvalue weighted by Gasteiger charge is 2.34. The summed E-state index contributed by atoms with van der Waals surface area (Å²) in [5.41, 5.74) is 4.91. The highest BCUT2D eigenvalue weighted by Crippen LogP contribution is 2.36. The summed E-state index contributed by atoms with van der Waals surface area (Å²) in [6.45, 7) is 10.2. The molecule has 0 spiro atoms. The van der Waals surface area contributed by atoms with Crippen molar-refractivity contribution < 1.29 is 18.7 Å². The molecule has 0 aromatic heterocycles. The van der Waals surface area contributed by atoms with Crippen molar-refractivity contribution in [3.63, 3.8) is 0 Å². The van der Waals surface area contributed by atoms with E-state index in [0.29, 0.717) is 30.6 Å². The van der Waals surface area contributed by atoms with Crippen LogP contribution in [0.5, 0.6) is 0 Å². The summed E-state index contributed by atoms with van der Waals surface area (Å²) < 4.78 is 25.4. The summed E-state index contributed by atoms with van der Waals surface area (Å²) in [7, 11) is 0. The third-order valence-corrected chi connectivity index (χ3v) is 5.24. The highest BCUT2D eigenvalue weighted by atomic mass is 19.1. The van der Waals surface area contributed by atoms with Gasteiger partial charge in [0, 0.05) is 11.1 Å². The molecule has 1 heterocycles. The number of carbonyl (C=O) groups is 1. The van der Waals surface area contributed by atoms with Crippen LogP contribution in [-0.4, -0.2) is 24.3 Å². The van der Waals surface area contributed by atoms with Gasteiger partial charge >= 0.3 is 0 Å². The van der Waals surface area contributed by atoms with Gasteiger partial charge in [0.2, 0.25) is 0 Å².